The quantitative estimate of drug-likeness (QED) is 0.447. The molecule has 0 spiro atoms. The Morgan fingerprint density at radius 2 is 2.20 bits per heavy atom. The minimum atomic E-state index is 0.208. The molecule has 0 fully saturated rings. The Morgan fingerprint density at radius 3 is 2.70 bits per heavy atom. The summed E-state index contributed by atoms with van der Waals surface area (Å²) in [5.41, 5.74) is 5.34. The summed E-state index contributed by atoms with van der Waals surface area (Å²) in [4.78, 5) is 19.4. The van der Waals surface area contributed by atoms with Crippen molar-refractivity contribution in [3.63, 3.8) is 0 Å². The van der Waals surface area contributed by atoms with Crippen LogP contribution < -0.4 is 5.73 Å². The Balaban J connectivity index is 3.37. The molecule has 0 rings (SSSR count). The molecule has 0 aromatic carbocycles. The normalized spacial score (nSPS) is 7.60. The molecule has 0 aliphatic carbocycles. The summed E-state index contributed by atoms with van der Waals surface area (Å²) in [6.07, 6.45) is 3.20. The van der Waals surface area contributed by atoms with E-state index in [-0.39, 0.29) is 5.70 Å². The highest BCUT2D eigenvalue weighted by molar-refractivity contribution is 5.50. The summed E-state index contributed by atoms with van der Waals surface area (Å²) in [5.74, 6) is 3.21. The van der Waals surface area contributed by atoms with Crippen LogP contribution in [0.15, 0.2) is 11.8 Å². The van der Waals surface area contributed by atoms with Crippen molar-refractivity contribution in [3.8, 4) is 0 Å². The van der Waals surface area contributed by atoms with Gasteiger partial charge in [0.05, 0.1) is 5.70 Å². The fourth-order valence-corrected chi connectivity index (χ4v) is 0.505. The first-order valence-electron chi connectivity index (χ1n) is 3.00. The summed E-state index contributed by atoms with van der Waals surface area (Å²) in [6, 6.07) is 0. The number of rotatable bonds is 4. The van der Waals surface area contributed by atoms with E-state index < -0.39 is 0 Å². The van der Waals surface area contributed by atoms with Crippen LogP contribution in [0.3, 0.4) is 0 Å². The largest absolute Gasteiger partial charge is 0.393 e. The monoisotopic (exact) mass is 139 g/mol. The van der Waals surface area contributed by atoms with Crippen molar-refractivity contribution in [1.29, 1.82) is 0 Å². The third kappa shape index (κ3) is 4.85. The zero-order valence-electron chi connectivity index (χ0n) is 5.59. The first-order valence-corrected chi connectivity index (χ1v) is 3.00. The third-order valence-electron chi connectivity index (χ3n) is 1.01. The number of carbonyl (C=O) groups excluding carboxylic acids is 2. The second-order valence-electron chi connectivity index (χ2n) is 1.84. The highest BCUT2D eigenvalue weighted by atomic mass is 16.1. The van der Waals surface area contributed by atoms with E-state index >= 15 is 0 Å². The van der Waals surface area contributed by atoms with E-state index in [0.717, 1.165) is 0 Å². The maximum absolute atomic E-state index is 9.79. The molecule has 3 heteroatoms. The summed E-state index contributed by atoms with van der Waals surface area (Å²) in [5, 5.41) is 0. The first kappa shape index (κ1) is 8.70. The summed E-state index contributed by atoms with van der Waals surface area (Å²) < 4.78 is 0. The van der Waals surface area contributed by atoms with Gasteiger partial charge in [0.25, 0.3) is 0 Å². The molecule has 0 atom stereocenters. The molecule has 10 heavy (non-hydrogen) atoms. The van der Waals surface area contributed by atoms with Crippen molar-refractivity contribution in [2.45, 2.75) is 19.3 Å². The van der Waals surface area contributed by atoms with Gasteiger partial charge >= 0.3 is 0 Å². The third-order valence-corrected chi connectivity index (χ3v) is 1.01. The lowest BCUT2D eigenvalue weighted by molar-refractivity contribution is 0.565. The summed E-state index contributed by atoms with van der Waals surface area (Å²) in [6.45, 7) is 0. The van der Waals surface area contributed by atoms with Crippen molar-refractivity contribution < 1.29 is 9.59 Å². The minimum absolute atomic E-state index is 0.208. The molecule has 0 aromatic rings. The van der Waals surface area contributed by atoms with Gasteiger partial charge < -0.3 is 5.73 Å². The number of hydrogen-bond acceptors (Lipinski definition) is 3. The molecule has 0 unspecified atom stereocenters. The molecule has 0 aromatic heterocycles. The maximum Gasteiger partial charge on any atom is 0.145 e. The van der Waals surface area contributed by atoms with Gasteiger partial charge in [-0.15, -0.1) is 0 Å². The fourth-order valence-electron chi connectivity index (χ4n) is 0.505. The Hall–Kier alpha value is -1.30. The van der Waals surface area contributed by atoms with E-state index in [4.69, 9.17) is 5.73 Å². The average Bonchev–Trinajstić information content (AvgIpc) is 1.98. The van der Waals surface area contributed by atoms with Gasteiger partial charge in [-0.25, -0.2) is 9.59 Å². The number of allylic oxidation sites excluding steroid dienone is 2. The number of nitrogens with two attached hydrogens (primary N) is 1. The highest BCUT2D eigenvalue weighted by Gasteiger charge is 1.88. The number of unbranched alkanes of at least 4 members (excludes halogenated alkanes) is 1. The molecular weight excluding hydrogens is 130 g/mol. The summed E-state index contributed by atoms with van der Waals surface area (Å²) >= 11 is 0. The number of hydrogen-bond donors (Lipinski definition) is 1. The van der Waals surface area contributed by atoms with Crippen molar-refractivity contribution in [3.05, 3.63) is 11.8 Å². The molecule has 2 N–H and O–H groups in total. The van der Waals surface area contributed by atoms with Crippen LogP contribution in [0.1, 0.15) is 19.3 Å². The first-order chi connectivity index (χ1) is 4.81. The average molecular weight is 139 g/mol. The molecule has 0 heterocycles. The van der Waals surface area contributed by atoms with Crippen molar-refractivity contribution in [1.82, 2.24) is 0 Å². The highest BCUT2D eigenvalue weighted by Crippen LogP contribution is 1.97. The topological polar surface area (TPSA) is 60.2 Å². The van der Waals surface area contributed by atoms with Gasteiger partial charge in [-0.1, -0.05) is 0 Å². The molecule has 0 aliphatic rings. The molecule has 0 aliphatic heterocycles. The second-order valence-corrected chi connectivity index (χ2v) is 1.84. The van der Waals surface area contributed by atoms with Crippen LogP contribution >= 0.6 is 0 Å². The minimum Gasteiger partial charge on any atom is -0.393 e. The van der Waals surface area contributed by atoms with Crippen LogP contribution in [-0.2, 0) is 9.59 Å². The molecule has 54 valence electrons. The molecule has 0 amide bonds. The lowest BCUT2D eigenvalue weighted by Gasteiger charge is -1.90. The molecular formula is C7H9NO2. The van der Waals surface area contributed by atoms with Gasteiger partial charge in [0.1, 0.15) is 11.9 Å². The summed E-state index contributed by atoms with van der Waals surface area (Å²) in [7, 11) is 0. The van der Waals surface area contributed by atoms with E-state index in [1.54, 1.807) is 11.9 Å². The van der Waals surface area contributed by atoms with Crippen LogP contribution in [0.25, 0.3) is 0 Å². The predicted molar refractivity (Wildman–Crippen MR) is 37.5 cm³/mol. The lowest BCUT2D eigenvalue weighted by atomic mass is 10.2. The second kappa shape index (κ2) is 5.83. The Morgan fingerprint density at radius 1 is 1.50 bits per heavy atom. The maximum atomic E-state index is 9.79. The zero-order valence-corrected chi connectivity index (χ0v) is 5.59. The molecule has 0 radical (unpaired) electrons. The fraction of sp³-hybridized carbons (Fsp3) is 0.429. The van der Waals surface area contributed by atoms with E-state index in [0.29, 0.717) is 19.3 Å². The van der Waals surface area contributed by atoms with Crippen molar-refractivity contribution in [2.75, 3.05) is 0 Å². The van der Waals surface area contributed by atoms with Gasteiger partial charge in [-0.05, 0) is 25.3 Å². The van der Waals surface area contributed by atoms with Crippen LogP contribution in [0.2, 0.25) is 0 Å². The molecule has 0 saturated heterocycles. The van der Waals surface area contributed by atoms with E-state index in [1.165, 1.54) is 6.08 Å². The predicted octanol–water partition coefficient (Wildman–Crippen LogP) is 0.219. The van der Waals surface area contributed by atoms with Gasteiger partial charge in [0.15, 0.2) is 0 Å². The zero-order chi connectivity index (χ0) is 7.82. The van der Waals surface area contributed by atoms with Crippen molar-refractivity contribution >= 4 is 11.9 Å². The van der Waals surface area contributed by atoms with Gasteiger partial charge in [0, 0.05) is 0 Å². The van der Waals surface area contributed by atoms with E-state index in [9.17, 15) is 9.59 Å². The Bertz CT molecular complexity index is 186. The smallest absolute Gasteiger partial charge is 0.145 e. The standard InChI is InChI=1S/C7H9NO2/c8-7(6-10)4-2-1-3-5-9/h3H,1-2,4,8H2. The lowest BCUT2D eigenvalue weighted by Crippen LogP contribution is -1.96. The Labute approximate surface area is 59.2 Å². The van der Waals surface area contributed by atoms with Crippen LogP contribution in [0.5, 0.6) is 0 Å². The SMILES string of the molecule is NC(=C=O)CCCC=C=O. The van der Waals surface area contributed by atoms with E-state index in [1.807, 2.05) is 0 Å². The van der Waals surface area contributed by atoms with E-state index in [2.05, 4.69) is 0 Å². The Kier molecular flexibility index (Phi) is 5.07. The van der Waals surface area contributed by atoms with Crippen LogP contribution in [0.4, 0.5) is 0 Å². The van der Waals surface area contributed by atoms with Crippen LogP contribution in [-0.4, -0.2) is 11.9 Å². The molecule has 3 nitrogen and oxygen atoms in total. The van der Waals surface area contributed by atoms with Gasteiger partial charge in [-0.2, -0.15) is 0 Å². The van der Waals surface area contributed by atoms with Crippen LogP contribution in [0, 0.1) is 0 Å². The molecule has 0 saturated carbocycles. The van der Waals surface area contributed by atoms with Crippen molar-refractivity contribution in [2.24, 2.45) is 5.73 Å². The molecule has 0 bridgehead atoms. The van der Waals surface area contributed by atoms with Gasteiger partial charge in [0.2, 0.25) is 0 Å². The van der Waals surface area contributed by atoms with Gasteiger partial charge in [-0.3, -0.25) is 0 Å².